The number of hydrogen-bond acceptors (Lipinski definition) is 3. The maximum absolute atomic E-state index is 12.1. The van der Waals surface area contributed by atoms with E-state index in [1.807, 2.05) is 30.3 Å². The van der Waals surface area contributed by atoms with Gasteiger partial charge >= 0.3 is 0 Å². The summed E-state index contributed by atoms with van der Waals surface area (Å²) in [6, 6.07) is 9.58. The molecule has 4 heteroatoms. The van der Waals surface area contributed by atoms with Gasteiger partial charge in [0.2, 0.25) is 5.91 Å². The molecule has 0 saturated carbocycles. The number of benzene rings is 1. The molecule has 1 amide bonds. The number of amides is 1. The molecular formula is C17H28N2O2. The lowest BCUT2D eigenvalue weighted by Gasteiger charge is -2.32. The van der Waals surface area contributed by atoms with Gasteiger partial charge in [0.1, 0.15) is 5.54 Å². The first kappa shape index (κ1) is 17.7. The number of primary amides is 1. The van der Waals surface area contributed by atoms with Gasteiger partial charge in [-0.05, 0) is 30.9 Å². The molecule has 0 saturated heterocycles. The summed E-state index contributed by atoms with van der Waals surface area (Å²) in [6.45, 7) is 7.97. The smallest absolute Gasteiger partial charge is 0.244 e. The van der Waals surface area contributed by atoms with Crippen LogP contribution in [-0.4, -0.2) is 25.7 Å². The van der Waals surface area contributed by atoms with Crippen molar-refractivity contribution in [2.75, 3.05) is 19.8 Å². The van der Waals surface area contributed by atoms with Gasteiger partial charge in [0.15, 0.2) is 0 Å². The van der Waals surface area contributed by atoms with E-state index in [4.69, 9.17) is 10.5 Å². The SMILES string of the molecule is CCCNC(COCCC(C)C)(C(N)=O)c1ccccc1. The minimum absolute atomic E-state index is 0.263. The van der Waals surface area contributed by atoms with Crippen LogP contribution in [-0.2, 0) is 15.1 Å². The number of ether oxygens (including phenoxy) is 1. The fourth-order valence-corrected chi connectivity index (χ4v) is 2.14. The Morgan fingerprint density at radius 2 is 2.00 bits per heavy atom. The molecule has 0 heterocycles. The van der Waals surface area contributed by atoms with Crippen molar-refractivity contribution in [1.82, 2.24) is 5.32 Å². The predicted molar refractivity (Wildman–Crippen MR) is 85.9 cm³/mol. The van der Waals surface area contributed by atoms with Gasteiger partial charge < -0.3 is 10.5 Å². The van der Waals surface area contributed by atoms with Crippen molar-refractivity contribution in [2.24, 2.45) is 11.7 Å². The van der Waals surface area contributed by atoms with Crippen LogP contribution in [0.15, 0.2) is 30.3 Å². The lowest BCUT2D eigenvalue weighted by Crippen LogP contribution is -2.56. The maximum Gasteiger partial charge on any atom is 0.244 e. The van der Waals surface area contributed by atoms with Crippen molar-refractivity contribution in [3.63, 3.8) is 0 Å². The zero-order valence-corrected chi connectivity index (χ0v) is 13.4. The summed E-state index contributed by atoms with van der Waals surface area (Å²) in [7, 11) is 0. The highest BCUT2D eigenvalue weighted by Crippen LogP contribution is 2.22. The Morgan fingerprint density at radius 1 is 1.33 bits per heavy atom. The van der Waals surface area contributed by atoms with Crippen molar-refractivity contribution >= 4 is 5.91 Å². The summed E-state index contributed by atoms with van der Waals surface area (Å²) in [6.07, 6.45) is 1.89. The van der Waals surface area contributed by atoms with E-state index in [-0.39, 0.29) is 6.61 Å². The number of carbonyl (C=O) groups is 1. The van der Waals surface area contributed by atoms with Crippen LogP contribution < -0.4 is 11.1 Å². The average molecular weight is 292 g/mol. The minimum atomic E-state index is -0.950. The summed E-state index contributed by atoms with van der Waals surface area (Å²) >= 11 is 0. The van der Waals surface area contributed by atoms with E-state index in [1.54, 1.807) is 0 Å². The summed E-state index contributed by atoms with van der Waals surface area (Å²) in [5.74, 6) is 0.181. The van der Waals surface area contributed by atoms with E-state index < -0.39 is 11.4 Å². The third-order valence-corrected chi connectivity index (χ3v) is 3.52. The summed E-state index contributed by atoms with van der Waals surface area (Å²) < 4.78 is 5.76. The first-order chi connectivity index (χ1) is 10.0. The van der Waals surface area contributed by atoms with E-state index in [0.717, 1.165) is 18.4 Å². The molecule has 0 bridgehead atoms. The monoisotopic (exact) mass is 292 g/mol. The highest BCUT2D eigenvalue weighted by molar-refractivity contribution is 5.86. The summed E-state index contributed by atoms with van der Waals surface area (Å²) in [4.78, 5) is 12.1. The van der Waals surface area contributed by atoms with Gasteiger partial charge in [-0.25, -0.2) is 0 Å². The van der Waals surface area contributed by atoms with Crippen LogP contribution in [0.5, 0.6) is 0 Å². The van der Waals surface area contributed by atoms with Gasteiger partial charge in [-0.3, -0.25) is 10.1 Å². The van der Waals surface area contributed by atoms with Crippen LogP contribution >= 0.6 is 0 Å². The Morgan fingerprint density at radius 3 is 2.52 bits per heavy atom. The van der Waals surface area contributed by atoms with E-state index >= 15 is 0 Å². The average Bonchev–Trinajstić information content (AvgIpc) is 2.47. The Hall–Kier alpha value is -1.39. The molecule has 1 atom stereocenters. The highest BCUT2D eigenvalue weighted by atomic mass is 16.5. The number of carbonyl (C=O) groups excluding carboxylic acids is 1. The molecule has 0 aliphatic carbocycles. The van der Waals surface area contributed by atoms with Crippen LogP contribution in [0.25, 0.3) is 0 Å². The van der Waals surface area contributed by atoms with Gasteiger partial charge in [-0.2, -0.15) is 0 Å². The van der Waals surface area contributed by atoms with Crippen molar-refractivity contribution < 1.29 is 9.53 Å². The molecule has 3 N–H and O–H groups in total. The number of rotatable bonds is 10. The third kappa shape index (κ3) is 5.14. The lowest BCUT2D eigenvalue weighted by atomic mass is 9.89. The lowest BCUT2D eigenvalue weighted by molar-refractivity contribution is -0.127. The fraction of sp³-hybridized carbons (Fsp3) is 0.588. The molecule has 21 heavy (non-hydrogen) atoms. The second-order valence-electron chi connectivity index (χ2n) is 5.80. The first-order valence-electron chi connectivity index (χ1n) is 7.71. The van der Waals surface area contributed by atoms with Gasteiger partial charge in [-0.15, -0.1) is 0 Å². The molecule has 0 aliphatic rings. The zero-order valence-electron chi connectivity index (χ0n) is 13.4. The van der Waals surface area contributed by atoms with Crippen molar-refractivity contribution in [3.05, 3.63) is 35.9 Å². The molecule has 1 aromatic rings. The Kier molecular flexibility index (Phi) is 7.40. The molecule has 0 aliphatic heterocycles. The predicted octanol–water partition coefficient (Wildman–Crippen LogP) is 2.43. The van der Waals surface area contributed by atoms with E-state index in [2.05, 4.69) is 26.1 Å². The molecular weight excluding hydrogens is 264 g/mol. The third-order valence-electron chi connectivity index (χ3n) is 3.52. The van der Waals surface area contributed by atoms with Crippen LogP contribution in [0.2, 0.25) is 0 Å². The molecule has 118 valence electrons. The Labute approximate surface area is 128 Å². The molecule has 0 radical (unpaired) electrons. The van der Waals surface area contributed by atoms with Crippen molar-refractivity contribution in [2.45, 2.75) is 39.2 Å². The molecule has 0 aromatic heterocycles. The topological polar surface area (TPSA) is 64.3 Å². The van der Waals surface area contributed by atoms with Crippen LogP contribution in [0.4, 0.5) is 0 Å². The van der Waals surface area contributed by atoms with Gasteiger partial charge in [0.25, 0.3) is 0 Å². The quantitative estimate of drug-likeness (QED) is 0.651. The summed E-state index contributed by atoms with van der Waals surface area (Å²) in [5, 5.41) is 3.29. The van der Waals surface area contributed by atoms with Crippen molar-refractivity contribution in [1.29, 1.82) is 0 Å². The molecule has 1 unspecified atom stereocenters. The molecule has 1 rings (SSSR count). The van der Waals surface area contributed by atoms with E-state index in [1.165, 1.54) is 0 Å². The Bertz CT molecular complexity index is 420. The molecule has 0 spiro atoms. The van der Waals surface area contributed by atoms with Gasteiger partial charge in [0.05, 0.1) is 6.61 Å². The first-order valence-corrected chi connectivity index (χ1v) is 7.71. The zero-order chi connectivity index (χ0) is 15.7. The standard InChI is InChI=1S/C17H28N2O2/c1-4-11-19-17(16(18)20,13-21-12-10-14(2)3)15-8-6-5-7-9-15/h5-9,14,19H,4,10-13H2,1-3H3,(H2,18,20). The molecule has 0 fully saturated rings. The van der Waals surface area contributed by atoms with Crippen molar-refractivity contribution in [3.8, 4) is 0 Å². The van der Waals surface area contributed by atoms with Crippen LogP contribution in [0.1, 0.15) is 39.2 Å². The van der Waals surface area contributed by atoms with Crippen LogP contribution in [0.3, 0.4) is 0 Å². The number of nitrogens with one attached hydrogen (secondary N) is 1. The van der Waals surface area contributed by atoms with Crippen LogP contribution in [0, 0.1) is 5.92 Å². The fourth-order valence-electron chi connectivity index (χ4n) is 2.14. The molecule has 4 nitrogen and oxygen atoms in total. The van der Waals surface area contributed by atoms with Gasteiger partial charge in [-0.1, -0.05) is 51.1 Å². The number of nitrogens with two attached hydrogens (primary N) is 1. The second-order valence-corrected chi connectivity index (χ2v) is 5.80. The highest BCUT2D eigenvalue weighted by Gasteiger charge is 2.38. The van der Waals surface area contributed by atoms with Gasteiger partial charge in [0, 0.05) is 6.61 Å². The van der Waals surface area contributed by atoms with E-state index in [9.17, 15) is 4.79 Å². The maximum atomic E-state index is 12.1. The largest absolute Gasteiger partial charge is 0.379 e. The summed E-state index contributed by atoms with van der Waals surface area (Å²) in [5.41, 5.74) is 5.61. The molecule has 1 aromatic carbocycles. The number of hydrogen-bond donors (Lipinski definition) is 2. The minimum Gasteiger partial charge on any atom is -0.379 e. The Balaban J connectivity index is 2.88. The normalized spacial score (nSPS) is 14.1. The van der Waals surface area contributed by atoms with E-state index in [0.29, 0.717) is 19.1 Å². The second kappa shape index (κ2) is 8.80.